The summed E-state index contributed by atoms with van der Waals surface area (Å²) in [6, 6.07) is 12.5. The molecule has 42 heavy (non-hydrogen) atoms. The molecule has 0 aliphatic carbocycles. The van der Waals surface area contributed by atoms with E-state index in [4.69, 9.17) is 10.5 Å². The minimum atomic E-state index is -0.746. The topological polar surface area (TPSA) is 142 Å². The van der Waals surface area contributed by atoms with E-state index in [0.29, 0.717) is 31.7 Å². The Morgan fingerprint density at radius 1 is 1.14 bits per heavy atom. The number of hydrogen-bond acceptors (Lipinski definition) is 8. The first-order valence-electron chi connectivity index (χ1n) is 14.3. The van der Waals surface area contributed by atoms with Crippen molar-refractivity contribution in [1.82, 2.24) is 25.5 Å². The van der Waals surface area contributed by atoms with Crippen LogP contribution in [0.15, 0.2) is 55.0 Å². The van der Waals surface area contributed by atoms with E-state index in [2.05, 4.69) is 58.7 Å². The van der Waals surface area contributed by atoms with Gasteiger partial charge in [-0.2, -0.15) is 11.8 Å². The Bertz CT molecular complexity index is 1280. The van der Waals surface area contributed by atoms with E-state index >= 15 is 0 Å². The van der Waals surface area contributed by atoms with Gasteiger partial charge in [0.25, 0.3) is 0 Å². The van der Waals surface area contributed by atoms with Crippen LogP contribution in [0.5, 0.6) is 0 Å². The van der Waals surface area contributed by atoms with Crippen molar-refractivity contribution >= 4 is 40.3 Å². The quantitative estimate of drug-likeness (QED) is 0.174. The number of H-pyrrole nitrogens is 1. The molecule has 3 aromatic rings. The van der Waals surface area contributed by atoms with E-state index in [1.165, 1.54) is 7.11 Å². The summed E-state index contributed by atoms with van der Waals surface area (Å²) in [5, 5.41) is 8.24. The maximum atomic E-state index is 13.3. The average molecular weight is 597 g/mol. The molecule has 11 heteroatoms. The molecule has 0 unspecified atom stereocenters. The van der Waals surface area contributed by atoms with Gasteiger partial charge in [0, 0.05) is 37.4 Å². The van der Waals surface area contributed by atoms with Gasteiger partial charge in [0.15, 0.2) is 0 Å². The Kier molecular flexibility index (Phi) is 13.3. The van der Waals surface area contributed by atoms with E-state index in [1.54, 1.807) is 24.3 Å². The number of methoxy groups -OCH3 is 1. The molecule has 0 aliphatic rings. The van der Waals surface area contributed by atoms with Crippen molar-refractivity contribution in [2.45, 2.75) is 57.8 Å². The molecule has 0 spiro atoms. The molecule has 1 heterocycles. The molecule has 0 fully saturated rings. The smallest absolute Gasteiger partial charge is 0.328 e. The Morgan fingerprint density at radius 3 is 2.60 bits per heavy atom. The monoisotopic (exact) mass is 596 g/mol. The number of thioether (sulfide) groups is 1. The number of fused-ring (bicyclic) bond motifs is 1. The third-order valence-corrected chi connectivity index (χ3v) is 8.16. The number of amides is 2. The standard InChI is InChI=1S/C31H44N6O4S/c1-5-21(2)28(36-30(39)26(32)15-24-16-33-20-34-24)18-37(17-23-11-8-10-22-9-6-7-12-25(22)23)19-29(38)35-27(13-14-42-4)31(40)41-3/h6-12,16,20-21,26-28H,5,13-15,17-19,32H2,1-4H3,(H,33,34)(H,35,38)(H,36,39)/t21-,26-,27-,28+/m0/s1. The molecule has 4 atom stereocenters. The summed E-state index contributed by atoms with van der Waals surface area (Å²) in [5.74, 6) is -0.172. The van der Waals surface area contributed by atoms with Gasteiger partial charge in [-0.25, -0.2) is 9.78 Å². The highest BCUT2D eigenvalue weighted by atomic mass is 32.2. The lowest BCUT2D eigenvalue weighted by molar-refractivity contribution is -0.145. The second kappa shape index (κ2) is 16.9. The predicted octanol–water partition coefficient (Wildman–Crippen LogP) is 2.88. The van der Waals surface area contributed by atoms with E-state index in [-0.39, 0.29) is 30.3 Å². The number of nitrogens with zero attached hydrogens (tertiary/aromatic N) is 2. The van der Waals surface area contributed by atoms with E-state index < -0.39 is 18.1 Å². The number of ether oxygens (including phenoxy) is 1. The number of carbonyl (C=O) groups is 3. The Labute approximate surface area is 252 Å². The van der Waals surface area contributed by atoms with Gasteiger partial charge in [-0.1, -0.05) is 62.7 Å². The van der Waals surface area contributed by atoms with Crippen molar-refractivity contribution in [1.29, 1.82) is 0 Å². The largest absolute Gasteiger partial charge is 0.467 e. The molecule has 0 saturated carbocycles. The minimum Gasteiger partial charge on any atom is -0.467 e. The number of rotatable bonds is 17. The van der Waals surface area contributed by atoms with Gasteiger partial charge >= 0.3 is 5.97 Å². The average Bonchev–Trinajstić information content (AvgIpc) is 3.51. The highest BCUT2D eigenvalue weighted by Gasteiger charge is 2.27. The van der Waals surface area contributed by atoms with Crippen LogP contribution in [0.2, 0.25) is 0 Å². The van der Waals surface area contributed by atoms with Crippen LogP contribution in [0.25, 0.3) is 10.8 Å². The molecule has 2 aromatic carbocycles. The number of imidazole rings is 1. The summed E-state index contributed by atoms with van der Waals surface area (Å²) in [6.45, 7) is 5.09. The number of aromatic amines is 1. The number of esters is 1. The summed E-state index contributed by atoms with van der Waals surface area (Å²) in [4.78, 5) is 47.9. The summed E-state index contributed by atoms with van der Waals surface area (Å²) in [7, 11) is 1.32. The molecule has 0 aliphatic heterocycles. The molecule has 228 valence electrons. The van der Waals surface area contributed by atoms with Crippen LogP contribution in [0.4, 0.5) is 0 Å². The molecular weight excluding hydrogens is 552 g/mol. The van der Waals surface area contributed by atoms with Crippen molar-refractivity contribution in [3.63, 3.8) is 0 Å². The molecule has 10 nitrogen and oxygen atoms in total. The normalized spacial score (nSPS) is 14.2. The zero-order valence-electron chi connectivity index (χ0n) is 25.0. The summed E-state index contributed by atoms with van der Waals surface area (Å²) >= 11 is 1.60. The van der Waals surface area contributed by atoms with E-state index in [1.807, 2.05) is 29.4 Å². The van der Waals surface area contributed by atoms with Gasteiger partial charge in [-0.05, 0) is 40.7 Å². The van der Waals surface area contributed by atoms with Crippen molar-refractivity contribution in [2.75, 3.05) is 32.2 Å². The maximum absolute atomic E-state index is 13.3. The van der Waals surface area contributed by atoms with Crippen molar-refractivity contribution in [2.24, 2.45) is 11.7 Å². The minimum absolute atomic E-state index is 0.0407. The summed E-state index contributed by atoms with van der Waals surface area (Å²) < 4.78 is 4.93. The van der Waals surface area contributed by atoms with Crippen molar-refractivity contribution in [3.05, 3.63) is 66.2 Å². The number of nitrogens with two attached hydrogens (primary N) is 1. The van der Waals surface area contributed by atoms with Crippen LogP contribution < -0.4 is 16.4 Å². The van der Waals surface area contributed by atoms with Gasteiger partial charge in [0.2, 0.25) is 11.8 Å². The van der Waals surface area contributed by atoms with Crippen molar-refractivity contribution in [3.8, 4) is 0 Å². The Morgan fingerprint density at radius 2 is 1.90 bits per heavy atom. The predicted molar refractivity (Wildman–Crippen MR) is 168 cm³/mol. The summed E-state index contributed by atoms with van der Waals surface area (Å²) in [5.41, 5.74) is 8.10. The van der Waals surface area contributed by atoms with E-state index in [0.717, 1.165) is 28.5 Å². The van der Waals surface area contributed by atoms with Crippen LogP contribution in [0.3, 0.4) is 0 Å². The SMILES string of the molecule is CC[C@H](C)[C@@H](CN(CC(=O)N[C@@H](CCSC)C(=O)OC)Cc1cccc2ccccc12)NC(=O)[C@@H](N)Cc1cnc[nH]1. The van der Waals surface area contributed by atoms with Gasteiger partial charge in [-0.3, -0.25) is 14.5 Å². The highest BCUT2D eigenvalue weighted by molar-refractivity contribution is 7.98. The molecular formula is C31H44N6O4S. The lowest BCUT2D eigenvalue weighted by atomic mass is 9.97. The Hall–Kier alpha value is -3.41. The van der Waals surface area contributed by atoms with Gasteiger partial charge in [0.05, 0.1) is 26.0 Å². The Balaban J connectivity index is 1.83. The number of nitrogens with one attached hydrogen (secondary N) is 3. The number of benzene rings is 2. The highest BCUT2D eigenvalue weighted by Crippen LogP contribution is 2.21. The molecule has 3 rings (SSSR count). The first-order chi connectivity index (χ1) is 20.2. The van der Waals surface area contributed by atoms with Crippen LogP contribution >= 0.6 is 11.8 Å². The third-order valence-electron chi connectivity index (χ3n) is 7.52. The zero-order chi connectivity index (χ0) is 30.5. The molecule has 5 N–H and O–H groups in total. The molecule has 0 bridgehead atoms. The van der Waals surface area contributed by atoms with Crippen molar-refractivity contribution < 1.29 is 19.1 Å². The maximum Gasteiger partial charge on any atom is 0.328 e. The zero-order valence-corrected chi connectivity index (χ0v) is 25.8. The van der Waals surface area contributed by atoms with Crippen LogP contribution in [0.1, 0.15) is 37.9 Å². The summed E-state index contributed by atoms with van der Waals surface area (Å²) in [6.07, 6.45) is 6.81. The van der Waals surface area contributed by atoms with E-state index in [9.17, 15) is 14.4 Å². The van der Waals surface area contributed by atoms with Crippen LogP contribution in [-0.2, 0) is 32.1 Å². The fraction of sp³-hybridized carbons (Fsp3) is 0.484. The lowest BCUT2D eigenvalue weighted by Gasteiger charge is -2.32. The van der Waals surface area contributed by atoms with Gasteiger partial charge < -0.3 is 26.1 Å². The lowest BCUT2D eigenvalue weighted by Crippen LogP contribution is -2.54. The first-order valence-corrected chi connectivity index (χ1v) is 15.7. The number of carbonyl (C=O) groups excluding carboxylic acids is 3. The van der Waals surface area contributed by atoms with Gasteiger partial charge in [0.1, 0.15) is 6.04 Å². The van der Waals surface area contributed by atoms with Crippen LogP contribution in [-0.4, -0.2) is 83.0 Å². The fourth-order valence-corrected chi connectivity index (χ4v) is 5.34. The van der Waals surface area contributed by atoms with Gasteiger partial charge in [-0.15, -0.1) is 0 Å². The molecule has 0 radical (unpaired) electrons. The molecule has 2 amide bonds. The second-order valence-corrected chi connectivity index (χ2v) is 11.6. The number of hydrogen-bond donors (Lipinski definition) is 4. The first kappa shape index (κ1) is 33.1. The molecule has 0 saturated heterocycles. The third kappa shape index (κ3) is 9.85. The molecule has 1 aromatic heterocycles. The number of aromatic nitrogens is 2. The second-order valence-electron chi connectivity index (χ2n) is 10.6. The van der Waals surface area contributed by atoms with Crippen LogP contribution in [0, 0.1) is 5.92 Å². The fourth-order valence-electron chi connectivity index (χ4n) is 4.87.